The second kappa shape index (κ2) is 3.42. The maximum Gasteiger partial charge on any atom is 0.142 e. The molecule has 3 heteroatoms. The van der Waals surface area contributed by atoms with E-state index >= 15 is 0 Å². The molecule has 78 valence electrons. The Morgan fingerprint density at radius 1 is 1.33 bits per heavy atom. The molecule has 0 aromatic carbocycles. The summed E-state index contributed by atoms with van der Waals surface area (Å²) in [6.07, 6.45) is 6.37. The summed E-state index contributed by atoms with van der Waals surface area (Å²) in [6.45, 7) is 2.11. The van der Waals surface area contributed by atoms with Crippen LogP contribution in [0.1, 0.15) is 12.0 Å². The topological polar surface area (TPSA) is 24.9 Å². The summed E-state index contributed by atoms with van der Waals surface area (Å²) in [4.78, 5) is 3.91. The van der Waals surface area contributed by atoms with Gasteiger partial charge in [0.25, 0.3) is 0 Å². The number of fused-ring (bicyclic) bond motifs is 1. The van der Waals surface area contributed by atoms with E-state index in [2.05, 4.69) is 16.4 Å². The predicted octanol–water partition coefficient (Wildman–Crippen LogP) is 1.84. The maximum atomic E-state index is 13.1. The molecule has 1 aromatic rings. The van der Waals surface area contributed by atoms with Crippen molar-refractivity contribution in [2.24, 2.45) is 11.8 Å². The molecule has 2 heterocycles. The zero-order valence-corrected chi connectivity index (χ0v) is 8.41. The van der Waals surface area contributed by atoms with Crippen LogP contribution in [0.3, 0.4) is 0 Å². The molecule has 0 radical (unpaired) electrons. The molecule has 1 aliphatic heterocycles. The van der Waals surface area contributed by atoms with Crippen molar-refractivity contribution in [3.63, 3.8) is 0 Å². The number of nitrogens with one attached hydrogen (secondary N) is 1. The van der Waals surface area contributed by atoms with E-state index in [-0.39, 0.29) is 5.82 Å². The first kappa shape index (κ1) is 9.04. The van der Waals surface area contributed by atoms with Crippen LogP contribution in [0.5, 0.6) is 0 Å². The number of allylic oxidation sites excluding steroid dienone is 1. The molecule has 1 aromatic heterocycles. The van der Waals surface area contributed by atoms with Gasteiger partial charge < -0.3 is 5.32 Å². The minimum absolute atomic E-state index is 0.247. The number of halogens is 1. The summed E-state index contributed by atoms with van der Waals surface area (Å²) in [7, 11) is 0. The maximum absolute atomic E-state index is 13.1. The Morgan fingerprint density at radius 3 is 3.13 bits per heavy atom. The lowest BCUT2D eigenvalue weighted by Crippen LogP contribution is -2.10. The van der Waals surface area contributed by atoms with Gasteiger partial charge in [0.1, 0.15) is 5.82 Å². The normalized spacial score (nSPS) is 29.0. The third kappa shape index (κ3) is 1.47. The Kier molecular flexibility index (Phi) is 2.06. The first-order valence-electron chi connectivity index (χ1n) is 5.36. The van der Waals surface area contributed by atoms with Gasteiger partial charge in [0.05, 0.1) is 6.20 Å². The Balaban J connectivity index is 1.94. The van der Waals surface area contributed by atoms with Crippen molar-refractivity contribution in [2.45, 2.75) is 6.42 Å². The molecule has 0 amide bonds. The van der Waals surface area contributed by atoms with E-state index in [1.165, 1.54) is 11.8 Å². The van der Waals surface area contributed by atoms with Crippen molar-refractivity contribution in [3.8, 4) is 0 Å². The van der Waals surface area contributed by atoms with Crippen LogP contribution >= 0.6 is 0 Å². The molecule has 0 saturated carbocycles. The average molecular weight is 204 g/mol. The van der Waals surface area contributed by atoms with Gasteiger partial charge in [-0.3, -0.25) is 4.98 Å². The summed E-state index contributed by atoms with van der Waals surface area (Å²) in [5, 5.41) is 3.38. The molecular weight excluding hydrogens is 191 g/mol. The lowest BCUT2D eigenvalue weighted by molar-refractivity contribution is 0.541. The monoisotopic (exact) mass is 204 g/mol. The molecule has 0 bridgehead atoms. The van der Waals surface area contributed by atoms with Crippen LogP contribution in [-0.4, -0.2) is 18.1 Å². The summed E-state index contributed by atoms with van der Waals surface area (Å²) in [5.41, 5.74) is 2.23. The summed E-state index contributed by atoms with van der Waals surface area (Å²) < 4.78 is 13.1. The van der Waals surface area contributed by atoms with E-state index in [4.69, 9.17) is 0 Å². The SMILES string of the molecule is Fc1cncc(C2=CC[C@@H]3CNC[C@H]23)c1. The molecule has 0 spiro atoms. The van der Waals surface area contributed by atoms with Gasteiger partial charge in [0, 0.05) is 18.7 Å². The van der Waals surface area contributed by atoms with Gasteiger partial charge in [0.15, 0.2) is 0 Å². The quantitative estimate of drug-likeness (QED) is 0.755. The highest BCUT2D eigenvalue weighted by atomic mass is 19.1. The van der Waals surface area contributed by atoms with E-state index in [0.29, 0.717) is 11.8 Å². The Hall–Kier alpha value is -1.22. The van der Waals surface area contributed by atoms with Crippen LogP contribution < -0.4 is 5.32 Å². The molecule has 1 aliphatic carbocycles. The number of hydrogen-bond acceptors (Lipinski definition) is 2. The van der Waals surface area contributed by atoms with E-state index in [0.717, 1.165) is 25.1 Å². The number of rotatable bonds is 1. The first-order valence-corrected chi connectivity index (χ1v) is 5.36. The second-order valence-corrected chi connectivity index (χ2v) is 4.31. The highest BCUT2D eigenvalue weighted by Crippen LogP contribution is 2.39. The highest BCUT2D eigenvalue weighted by Gasteiger charge is 2.34. The molecule has 2 nitrogen and oxygen atoms in total. The van der Waals surface area contributed by atoms with Gasteiger partial charge >= 0.3 is 0 Å². The fourth-order valence-corrected chi connectivity index (χ4v) is 2.68. The van der Waals surface area contributed by atoms with E-state index < -0.39 is 0 Å². The van der Waals surface area contributed by atoms with Gasteiger partial charge in [-0.2, -0.15) is 0 Å². The van der Waals surface area contributed by atoms with Crippen LogP contribution in [0.15, 0.2) is 24.5 Å². The average Bonchev–Trinajstić information content (AvgIpc) is 2.77. The van der Waals surface area contributed by atoms with Gasteiger partial charge in [-0.1, -0.05) is 6.08 Å². The minimum atomic E-state index is -0.247. The highest BCUT2D eigenvalue weighted by molar-refractivity contribution is 5.69. The lowest BCUT2D eigenvalue weighted by atomic mass is 9.91. The van der Waals surface area contributed by atoms with Crippen molar-refractivity contribution in [1.29, 1.82) is 0 Å². The predicted molar refractivity (Wildman–Crippen MR) is 56.6 cm³/mol. The molecule has 3 rings (SSSR count). The molecule has 1 saturated heterocycles. The third-order valence-electron chi connectivity index (χ3n) is 3.42. The Morgan fingerprint density at radius 2 is 2.27 bits per heavy atom. The lowest BCUT2D eigenvalue weighted by Gasteiger charge is -2.12. The standard InChI is InChI=1S/C12H13FN2/c13-10-3-9(5-14-6-10)11-2-1-8-4-15-7-12(8)11/h2-3,5-6,8,12,15H,1,4,7H2/t8-,12+/m1/s1. The molecule has 2 atom stereocenters. The summed E-state index contributed by atoms with van der Waals surface area (Å²) in [6, 6.07) is 1.58. The van der Waals surface area contributed by atoms with Crippen molar-refractivity contribution in [2.75, 3.05) is 13.1 Å². The van der Waals surface area contributed by atoms with Crippen molar-refractivity contribution < 1.29 is 4.39 Å². The summed E-state index contributed by atoms with van der Waals surface area (Å²) >= 11 is 0. The van der Waals surface area contributed by atoms with Gasteiger partial charge in [-0.05, 0) is 36.1 Å². The Labute approximate surface area is 88.2 Å². The van der Waals surface area contributed by atoms with E-state index in [9.17, 15) is 4.39 Å². The van der Waals surface area contributed by atoms with E-state index in [1.807, 2.05) is 0 Å². The molecule has 2 aliphatic rings. The molecule has 1 fully saturated rings. The van der Waals surface area contributed by atoms with Gasteiger partial charge in [-0.15, -0.1) is 0 Å². The van der Waals surface area contributed by atoms with E-state index in [1.54, 1.807) is 12.3 Å². The van der Waals surface area contributed by atoms with Crippen LogP contribution in [0.4, 0.5) is 4.39 Å². The number of hydrogen-bond donors (Lipinski definition) is 1. The van der Waals surface area contributed by atoms with Gasteiger partial charge in [-0.25, -0.2) is 4.39 Å². The molecular formula is C12H13FN2. The smallest absolute Gasteiger partial charge is 0.142 e. The zero-order chi connectivity index (χ0) is 10.3. The second-order valence-electron chi connectivity index (χ2n) is 4.31. The van der Waals surface area contributed by atoms with Crippen LogP contribution in [-0.2, 0) is 0 Å². The number of pyridine rings is 1. The first-order chi connectivity index (χ1) is 7.34. The fourth-order valence-electron chi connectivity index (χ4n) is 2.68. The molecule has 15 heavy (non-hydrogen) atoms. The number of aromatic nitrogens is 1. The molecule has 1 N–H and O–H groups in total. The minimum Gasteiger partial charge on any atom is -0.316 e. The van der Waals surface area contributed by atoms with Crippen molar-refractivity contribution >= 4 is 5.57 Å². The molecule has 0 unspecified atom stereocenters. The van der Waals surface area contributed by atoms with Crippen LogP contribution in [0.2, 0.25) is 0 Å². The fraction of sp³-hybridized carbons (Fsp3) is 0.417. The Bertz CT molecular complexity index is 414. The number of nitrogens with zero attached hydrogens (tertiary/aromatic N) is 1. The van der Waals surface area contributed by atoms with Crippen molar-refractivity contribution in [3.05, 3.63) is 35.9 Å². The zero-order valence-electron chi connectivity index (χ0n) is 8.41. The largest absolute Gasteiger partial charge is 0.316 e. The van der Waals surface area contributed by atoms with Crippen LogP contribution in [0, 0.1) is 17.7 Å². The third-order valence-corrected chi connectivity index (χ3v) is 3.42. The van der Waals surface area contributed by atoms with Crippen molar-refractivity contribution in [1.82, 2.24) is 10.3 Å². The summed E-state index contributed by atoms with van der Waals surface area (Å²) in [5.74, 6) is 1.03. The van der Waals surface area contributed by atoms with Crippen LogP contribution in [0.25, 0.3) is 5.57 Å². The van der Waals surface area contributed by atoms with Gasteiger partial charge in [0.2, 0.25) is 0 Å².